The second-order valence-corrected chi connectivity index (χ2v) is 5.21. The monoisotopic (exact) mass is 293 g/mol. The molecular formula is C14H19N3O4. The first-order valence-corrected chi connectivity index (χ1v) is 6.98. The third-order valence-electron chi connectivity index (χ3n) is 3.87. The topological polar surface area (TPSA) is 107 Å². The average Bonchev–Trinajstić information content (AvgIpc) is 2.93. The maximum Gasteiger partial charge on any atom is 0.411 e. The summed E-state index contributed by atoms with van der Waals surface area (Å²) in [5.41, 5.74) is 6.12. The molecule has 1 fully saturated rings. The predicted octanol–water partition coefficient (Wildman–Crippen LogP) is 2.52. The minimum atomic E-state index is -0.550. The molecule has 0 bridgehead atoms. The maximum atomic E-state index is 11.7. The van der Waals surface area contributed by atoms with Gasteiger partial charge in [-0.1, -0.05) is 6.42 Å². The Kier molecular flexibility index (Phi) is 5.10. The van der Waals surface area contributed by atoms with Gasteiger partial charge in [-0.05, 0) is 43.4 Å². The molecular weight excluding hydrogens is 274 g/mol. The van der Waals surface area contributed by atoms with Crippen LogP contribution >= 0.6 is 0 Å². The minimum Gasteiger partial charge on any atom is -0.449 e. The molecule has 114 valence electrons. The number of non-ortho nitro benzene ring substituents is 1. The SMILES string of the molecule is NCC1CCCC1COC(=O)Nc1ccc([N+](=O)[O-])cc1. The first-order chi connectivity index (χ1) is 10.1. The van der Waals surface area contributed by atoms with Crippen molar-refractivity contribution in [1.29, 1.82) is 0 Å². The van der Waals surface area contributed by atoms with Crippen molar-refractivity contribution in [3.8, 4) is 0 Å². The summed E-state index contributed by atoms with van der Waals surface area (Å²) in [4.78, 5) is 21.7. The molecule has 2 atom stereocenters. The Morgan fingerprint density at radius 1 is 1.33 bits per heavy atom. The molecule has 1 aliphatic carbocycles. The average molecular weight is 293 g/mol. The summed E-state index contributed by atoms with van der Waals surface area (Å²) in [6.45, 7) is 0.985. The number of nitro benzene ring substituents is 1. The number of carbonyl (C=O) groups is 1. The Hall–Kier alpha value is -2.15. The first kappa shape index (κ1) is 15.2. The first-order valence-electron chi connectivity index (χ1n) is 6.98. The Balaban J connectivity index is 1.80. The molecule has 21 heavy (non-hydrogen) atoms. The summed E-state index contributed by atoms with van der Waals surface area (Å²) in [5.74, 6) is 0.759. The number of nitrogens with two attached hydrogens (primary N) is 1. The summed E-state index contributed by atoms with van der Waals surface area (Å²) in [6.07, 6.45) is 2.70. The number of nitro groups is 1. The highest BCUT2D eigenvalue weighted by Crippen LogP contribution is 2.31. The normalized spacial score (nSPS) is 21.0. The summed E-state index contributed by atoms with van der Waals surface area (Å²) in [7, 11) is 0. The molecule has 0 heterocycles. The van der Waals surface area contributed by atoms with Gasteiger partial charge in [-0.15, -0.1) is 0 Å². The van der Waals surface area contributed by atoms with Crippen LogP contribution in [0.25, 0.3) is 0 Å². The molecule has 1 aromatic rings. The van der Waals surface area contributed by atoms with Crippen molar-refractivity contribution in [1.82, 2.24) is 0 Å². The highest BCUT2D eigenvalue weighted by Gasteiger charge is 2.27. The Labute approximate surface area is 122 Å². The van der Waals surface area contributed by atoms with E-state index in [1.165, 1.54) is 24.3 Å². The standard InChI is InChI=1S/C14H19N3O4/c15-8-10-2-1-3-11(10)9-21-14(18)16-12-4-6-13(7-5-12)17(19)20/h4-7,10-11H,1-3,8-9,15H2,(H,16,18). The van der Waals surface area contributed by atoms with E-state index in [0.717, 1.165) is 19.3 Å². The number of hydrogen-bond donors (Lipinski definition) is 2. The molecule has 0 saturated heterocycles. The van der Waals surface area contributed by atoms with Crippen LogP contribution in [0.15, 0.2) is 24.3 Å². The fraction of sp³-hybridized carbons (Fsp3) is 0.500. The summed E-state index contributed by atoms with van der Waals surface area (Å²) >= 11 is 0. The number of carbonyl (C=O) groups excluding carboxylic acids is 1. The third kappa shape index (κ3) is 4.16. The number of benzene rings is 1. The van der Waals surface area contributed by atoms with Gasteiger partial charge in [0, 0.05) is 17.8 Å². The van der Waals surface area contributed by atoms with E-state index in [1.807, 2.05) is 0 Å². The summed E-state index contributed by atoms with van der Waals surface area (Å²) < 4.78 is 5.20. The number of rotatable bonds is 5. The maximum absolute atomic E-state index is 11.7. The molecule has 1 aliphatic rings. The fourth-order valence-corrected chi connectivity index (χ4v) is 2.65. The summed E-state index contributed by atoms with van der Waals surface area (Å²) in [5, 5.41) is 13.1. The molecule has 0 aliphatic heterocycles. The molecule has 1 aromatic carbocycles. The van der Waals surface area contributed by atoms with E-state index in [0.29, 0.717) is 30.7 Å². The quantitative estimate of drug-likeness (QED) is 0.640. The van der Waals surface area contributed by atoms with E-state index >= 15 is 0 Å². The van der Waals surface area contributed by atoms with Crippen molar-refractivity contribution < 1.29 is 14.5 Å². The molecule has 0 spiro atoms. The predicted molar refractivity (Wildman–Crippen MR) is 78.0 cm³/mol. The Morgan fingerprint density at radius 2 is 2.00 bits per heavy atom. The molecule has 1 saturated carbocycles. The number of nitrogens with one attached hydrogen (secondary N) is 1. The van der Waals surface area contributed by atoms with Crippen LogP contribution in [0.1, 0.15) is 19.3 Å². The Morgan fingerprint density at radius 3 is 2.62 bits per heavy atom. The lowest BCUT2D eigenvalue weighted by Crippen LogP contribution is -2.25. The van der Waals surface area contributed by atoms with Crippen molar-refractivity contribution in [2.45, 2.75) is 19.3 Å². The van der Waals surface area contributed by atoms with Gasteiger partial charge in [0.2, 0.25) is 0 Å². The van der Waals surface area contributed by atoms with Gasteiger partial charge in [0.15, 0.2) is 0 Å². The van der Waals surface area contributed by atoms with Crippen molar-refractivity contribution in [3.63, 3.8) is 0 Å². The number of hydrogen-bond acceptors (Lipinski definition) is 5. The van der Waals surface area contributed by atoms with Gasteiger partial charge in [-0.25, -0.2) is 4.79 Å². The van der Waals surface area contributed by atoms with E-state index in [2.05, 4.69) is 5.32 Å². The Bertz CT molecular complexity index is 503. The second kappa shape index (κ2) is 7.03. The number of anilines is 1. The third-order valence-corrected chi connectivity index (χ3v) is 3.87. The minimum absolute atomic E-state index is 0.0225. The molecule has 0 radical (unpaired) electrons. The van der Waals surface area contributed by atoms with Crippen molar-refractivity contribution in [2.75, 3.05) is 18.5 Å². The van der Waals surface area contributed by atoms with Crippen LogP contribution in [0.3, 0.4) is 0 Å². The van der Waals surface area contributed by atoms with Crippen molar-refractivity contribution >= 4 is 17.5 Å². The van der Waals surface area contributed by atoms with Gasteiger partial charge < -0.3 is 10.5 Å². The van der Waals surface area contributed by atoms with Gasteiger partial charge in [0.25, 0.3) is 5.69 Å². The zero-order valence-corrected chi connectivity index (χ0v) is 11.7. The van der Waals surface area contributed by atoms with Gasteiger partial charge in [-0.3, -0.25) is 15.4 Å². The van der Waals surface area contributed by atoms with Gasteiger partial charge >= 0.3 is 6.09 Å². The van der Waals surface area contributed by atoms with Crippen LogP contribution in [0.2, 0.25) is 0 Å². The van der Waals surface area contributed by atoms with Gasteiger partial charge in [0.05, 0.1) is 11.5 Å². The highest BCUT2D eigenvalue weighted by molar-refractivity contribution is 5.84. The lowest BCUT2D eigenvalue weighted by molar-refractivity contribution is -0.384. The van der Waals surface area contributed by atoms with Crippen LogP contribution in [-0.2, 0) is 4.74 Å². The number of nitrogens with zero attached hydrogens (tertiary/aromatic N) is 1. The fourth-order valence-electron chi connectivity index (χ4n) is 2.65. The van der Waals surface area contributed by atoms with Gasteiger partial charge in [-0.2, -0.15) is 0 Å². The molecule has 2 unspecified atom stereocenters. The summed E-state index contributed by atoms with van der Waals surface area (Å²) in [6, 6.07) is 5.60. The molecule has 1 amide bonds. The second-order valence-electron chi connectivity index (χ2n) is 5.21. The van der Waals surface area contributed by atoms with Crippen LogP contribution in [0, 0.1) is 22.0 Å². The van der Waals surface area contributed by atoms with E-state index in [9.17, 15) is 14.9 Å². The van der Waals surface area contributed by atoms with Gasteiger partial charge in [0.1, 0.15) is 0 Å². The molecule has 0 aromatic heterocycles. The lowest BCUT2D eigenvalue weighted by atomic mass is 9.97. The number of amides is 1. The van der Waals surface area contributed by atoms with Crippen LogP contribution in [0.4, 0.5) is 16.2 Å². The van der Waals surface area contributed by atoms with Crippen LogP contribution < -0.4 is 11.1 Å². The van der Waals surface area contributed by atoms with Crippen LogP contribution in [-0.4, -0.2) is 24.2 Å². The van der Waals surface area contributed by atoms with E-state index in [-0.39, 0.29) is 5.69 Å². The molecule has 7 nitrogen and oxygen atoms in total. The molecule has 7 heteroatoms. The van der Waals surface area contributed by atoms with E-state index in [1.54, 1.807) is 0 Å². The lowest BCUT2D eigenvalue weighted by Gasteiger charge is -2.17. The van der Waals surface area contributed by atoms with Crippen molar-refractivity contribution in [3.05, 3.63) is 34.4 Å². The highest BCUT2D eigenvalue weighted by atomic mass is 16.6. The molecule has 3 N–H and O–H groups in total. The zero-order valence-electron chi connectivity index (χ0n) is 11.7. The van der Waals surface area contributed by atoms with Crippen molar-refractivity contribution in [2.24, 2.45) is 17.6 Å². The van der Waals surface area contributed by atoms with E-state index < -0.39 is 11.0 Å². The van der Waals surface area contributed by atoms with Crippen LogP contribution in [0.5, 0.6) is 0 Å². The zero-order chi connectivity index (χ0) is 15.2. The number of ether oxygens (including phenoxy) is 1. The smallest absolute Gasteiger partial charge is 0.411 e. The largest absolute Gasteiger partial charge is 0.449 e. The molecule has 2 rings (SSSR count). The van der Waals surface area contributed by atoms with E-state index in [4.69, 9.17) is 10.5 Å².